The number of hydrogen-bond donors (Lipinski definition) is 1. The fourth-order valence-corrected chi connectivity index (χ4v) is 1.45. The predicted molar refractivity (Wildman–Crippen MR) is 31.7 cm³/mol. The van der Waals surface area contributed by atoms with Crippen molar-refractivity contribution in [2.24, 2.45) is 5.92 Å². The molecule has 1 N–H and O–H groups in total. The Labute approximate surface area is 49.8 Å². The predicted octanol–water partition coefficient (Wildman–Crippen LogP) is 0.378. The second kappa shape index (κ2) is 1.71. The van der Waals surface area contributed by atoms with E-state index in [2.05, 4.69) is 17.0 Å². The lowest BCUT2D eigenvalue weighted by atomic mass is 10.1. The summed E-state index contributed by atoms with van der Waals surface area (Å²) in [5, 5.41) is 2.22. The monoisotopic (exact) mass is 111 g/mol. The highest BCUT2D eigenvalue weighted by Crippen LogP contribution is 2.24. The molecule has 0 amide bonds. The van der Waals surface area contributed by atoms with Crippen LogP contribution in [0.2, 0.25) is 0 Å². The van der Waals surface area contributed by atoms with Crippen LogP contribution in [0.3, 0.4) is 0 Å². The van der Waals surface area contributed by atoms with E-state index in [1.54, 1.807) is 0 Å². The molecular formula is C6H11N2. The van der Waals surface area contributed by atoms with Crippen LogP contribution < -0.4 is 5.43 Å². The molecule has 2 aliphatic rings. The van der Waals surface area contributed by atoms with Gasteiger partial charge in [0.05, 0.1) is 0 Å². The van der Waals surface area contributed by atoms with E-state index in [0.717, 1.165) is 5.92 Å². The van der Waals surface area contributed by atoms with E-state index >= 15 is 0 Å². The topological polar surface area (TPSA) is 15.3 Å². The largest absolute Gasteiger partial charge is 0.255 e. The summed E-state index contributed by atoms with van der Waals surface area (Å²) in [6.45, 7) is 4.72. The summed E-state index contributed by atoms with van der Waals surface area (Å²) in [5.41, 5.74) is 3.29. The minimum absolute atomic E-state index is 0.899. The maximum atomic E-state index is 3.29. The first-order valence-electron chi connectivity index (χ1n) is 3.30. The minimum Gasteiger partial charge on any atom is -0.255 e. The summed E-state index contributed by atoms with van der Waals surface area (Å²) in [5.74, 6) is 0.899. The summed E-state index contributed by atoms with van der Waals surface area (Å²) in [6.07, 6.45) is 2.71. The Morgan fingerprint density at radius 3 is 3.25 bits per heavy atom. The summed E-state index contributed by atoms with van der Waals surface area (Å²) in [7, 11) is 0. The first-order valence-corrected chi connectivity index (χ1v) is 3.30. The number of nitrogens with one attached hydrogen (secondary N) is 1. The molecule has 2 heterocycles. The normalized spacial score (nSPS) is 45.0. The molecule has 1 radical (unpaired) electrons. The molecule has 2 heteroatoms. The van der Waals surface area contributed by atoms with Gasteiger partial charge in [-0.2, -0.15) is 0 Å². The van der Waals surface area contributed by atoms with Gasteiger partial charge in [-0.3, -0.25) is 5.43 Å². The van der Waals surface area contributed by atoms with E-state index in [4.69, 9.17) is 0 Å². The van der Waals surface area contributed by atoms with E-state index in [1.807, 2.05) is 0 Å². The third kappa shape index (κ3) is 0.644. The van der Waals surface area contributed by atoms with Crippen LogP contribution in [0.25, 0.3) is 0 Å². The zero-order valence-corrected chi connectivity index (χ0v) is 4.93. The zero-order chi connectivity index (χ0) is 5.40. The van der Waals surface area contributed by atoms with E-state index in [-0.39, 0.29) is 0 Å². The van der Waals surface area contributed by atoms with Crippen molar-refractivity contribution in [2.75, 3.05) is 13.1 Å². The smallest absolute Gasteiger partial charge is 0.0444 e. The SMILES string of the molecule is [CH]1C2CCNN1CC2. The van der Waals surface area contributed by atoms with Crippen molar-refractivity contribution in [3.63, 3.8) is 0 Å². The van der Waals surface area contributed by atoms with Crippen LogP contribution in [0.15, 0.2) is 0 Å². The molecule has 0 spiro atoms. The van der Waals surface area contributed by atoms with Gasteiger partial charge in [-0.15, -0.1) is 0 Å². The van der Waals surface area contributed by atoms with Gasteiger partial charge < -0.3 is 0 Å². The fraction of sp³-hybridized carbons (Fsp3) is 0.833. The Morgan fingerprint density at radius 1 is 1.50 bits per heavy atom. The molecule has 2 nitrogen and oxygen atoms in total. The average Bonchev–Trinajstić information content (AvgIpc) is 2.12. The van der Waals surface area contributed by atoms with Crippen LogP contribution in [-0.2, 0) is 0 Å². The Bertz CT molecular complexity index is 78.5. The molecular weight excluding hydrogens is 100 g/mol. The van der Waals surface area contributed by atoms with Gasteiger partial charge in [0.15, 0.2) is 0 Å². The number of hydrogen-bond acceptors (Lipinski definition) is 2. The quantitative estimate of drug-likeness (QED) is 0.486. The number of nitrogens with zero attached hydrogens (tertiary/aromatic N) is 1. The molecule has 2 bridgehead atoms. The summed E-state index contributed by atoms with van der Waals surface area (Å²) >= 11 is 0. The summed E-state index contributed by atoms with van der Waals surface area (Å²) in [4.78, 5) is 0. The molecule has 8 heavy (non-hydrogen) atoms. The van der Waals surface area contributed by atoms with Gasteiger partial charge >= 0.3 is 0 Å². The van der Waals surface area contributed by atoms with Crippen LogP contribution in [0, 0.1) is 12.5 Å². The average molecular weight is 111 g/mol. The lowest BCUT2D eigenvalue weighted by molar-refractivity contribution is 0.241. The Balaban J connectivity index is 2.03. The van der Waals surface area contributed by atoms with Gasteiger partial charge in [-0.05, 0) is 18.8 Å². The van der Waals surface area contributed by atoms with E-state index < -0.39 is 0 Å². The molecule has 2 saturated heterocycles. The molecule has 0 saturated carbocycles. The number of hydrazine groups is 1. The van der Waals surface area contributed by atoms with Gasteiger partial charge in [0.1, 0.15) is 0 Å². The zero-order valence-electron chi connectivity index (χ0n) is 4.93. The molecule has 0 aromatic rings. The van der Waals surface area contributed by atoms with Crippen molar-refractivity contribution < 1.29 is 0 Å². The summed E-state index contributed by atoms with van der Waals surface area (Å²) < 4.78 is 0. The van der Waals surface area contributed by atoms with Crippen LogP contribution in [0.1, 0.15) is 12.8 Å². The lowest BCUT2D eigenvalue weighted by Gasteiger charge is -2.21. The molecule has 2 atom stereocenters. The van der Waals surface area contributed by atoms with Gasteiger partial charge in [-0.1, -0.05) is 0 Å². The van der Waals surface area contributed by atoms with Crippen molar-refractivity contribution >= 4 is 0 Å². The van der Waals surface area contributed by atoms with Crippen molar-refractivity contribution in [3.8, 4) is 0 Å². The lowest BCUT2D eigenvalue weighted by Crippen LogP contribution is -2.37. The maximum Gasteiger partial charge on any atom is 0.0444 e. The van der Waals surface area contributed by atoms with E-state index in [0.29, 0.717) is 0 Å². The first kappa shape index (κ1) is 4.77. The first-order chi connectivity index (χ1) is 3.95. The maximum absolute atomic E-state index is 3.29. The van der Waals surface area contributed by atoms with Gasteiger partial charge in [0.2, 0.25) is 0 Å². The Morgan fingerprint density at radius 2 is 2.50 bits per heavy atom. The minimum atomic E-state index is 0.899. The Hall–Kier alpha value is -0.0800. The molecule has 0 aromatic carbocycles. The highest BCUT2D eigenvalue weighted by molar-refractivity contribution is 4.87. The van der Waals surface area contributed by atoms with E-state index in [9.17, 15) is 0 Å². The standard InChI is InChI=1S/C6H11N2/c1-3-7-8-4-2-6(1)5-8/h5-7H,1-4H2. The molecule has 2 fully saturated rings. The summed E-state index contributed by atoms with van der Waals surface area (Å²) in [6, 6.07) is 0. The fourth-order valence-electron chi connectivity index (χ4n) is 1.45. The third-order valence-corrected chi connectivity index (χ3v) is 1.96. The van der Waals surface area contributed by atoms with Crippen molar-refractivity contribution in [1.82, 2.24) is 10.4 Å². The van der Waals surface area contributed by atoms with Crippen LogP contribution in [0.5, 0.6) is 0 Å². The van der Waals surface area contributed by atoms with Crippen molar-refractivity contribution in [1.29, 1.82) is 0 Å². The molecule has 2 rings (SSSR count). The van der Waals surface area contributed by atoms with Gasteiger partial charge in [0, 0.05) is 19.6 Å². The molecule has 2 aliphatic heterocycles. The highest BCUT2D eigenvalue weighted by Gasteiger charge is 2.25. The Kier molecular flexibility index (Phi) is 1.02. The number of rotatable bonds is 0. The van der Waals surface area contributed by atoms with Crippen LogP contribution >= 0.6 is 0 Å². The molecule has 0 aromatic heterocycles. The molecule has 0 aliphatic carbocycles. The second-order valence-corrected chi connectivity index (χ2v) is 2.59. The van der Waals surface area contributed by atoms with Crippen molar-refractivity contribution in [2.45, 2.75) is 12.8 Å². The van der Waals surface area contributed by atoms with Gasteiger partial charge in [-0.25, -0.2) is 5.01 Å². The second-order valence-electron chi connectivity index (χ2n) is 2.59. The highest BCUT2D eigenvalue weighted by atomic mass is 15.5. The number of fused-ring (bicyclic) bond motifs is 2. The van der Waals surface area contributed by atoms with E-state index in [1.165, 1.54) is 25.9 Å². The van der Waals surface area contributed by atoms with Crippen molar-refractivity contribution in [3.05, 3.63) is 6.54 Å². The van der Waals surface area contributed by atoms with Crippen LogP contribution in [-0.4, -0.2) is 18.1 Å². The molecule has 2 unspecified atom stereocenters. The van der Waals surface area contributed by atoms with Crippen LogP contribution in [0.4, 0.5) is 0 Å². The third-order valence-electron chi connectivity index (χ3n) is 1.96. The molecule has 45 valence electrons. The van der Waals surface area contributed by atoms with Gasteiger partial charge in [0.25, 0.3) is 0 Å².